The first-order valence-corrected chi connectivity index (χ1v) is 17.9. The molecule has 3 N–H and O–H groups in total. The maximum absolute atomic E-state index is 13.5. The summed E-state index contributed by atoms with van der Waals surface area (Å²) >= 11 is 8.71. The quantitative estimate of drug-likeness (QED) is 0.0859. The van der Waals surface area contributed by atoms with Gasteiger partial charge in [0.1, 0.15) is 10.7 Å². The minimum atomic E-state index is -0.590. The number of amides is 4. The molecule has 258 valence electrons. The fourth-order valence-corrected chi connectivity index (χ4v) is 7.58. The van der Waals surface area contributed by atoms with Crippen molar-refractivity contribution in [2.45, 2.75) is 43.9 Å². The topological polar surface area (TPSA) is 134 Å². The van der Waals surface area contributed by atoms with E-state index in [0.717, 1.165) is 10.4 Å². The number of nitrogens with zero attached hydrogens (tertiary/aromatic N) is 1. The molecule has 1 aliphatic heterocycles. The number of anilines is 2. The van der Waals surface area contributed by atoms with Gasteiger partial charge in [0.25, 0.3) is 11.8 Å². The van der Waals surface area contributed by atoms with E-state index in [1.54, 1.807) is 91.5 Å². The number of thiophene rings is 1. The van der Waals surface area contributed by atoms with Crippen LogP contribution in [0.3, 0.4) is 0 Å². The number of carbonyl (C=O) groups excluding carboxylic acids is 5. The number of nitrogens with one attached hydrogen (secondary N) is 3. The standard InChI is InChI=1S/C37H35ClN4O6S2/c1-4-48-37(47)32-29-16-17-42(23(3)43)21-31(29)50-36(32)41-33(44)22(2)49-28-15-9-14-27(20-28)39-35(46)30(19-24-10-8-13-26(38)18-24)40-34(45)25-11-6-5-7-12-25/h5-15,18-20,22H,4,16-17,21H2,1-3H3,(H,39,46)(H,40,45)(H,41,44)/b30-19-. The molecule has 0 saturated carbocycles. The Morgan fingerprint density at radius 2 is 1.76 bits per heavy atom. The van der Waals surface area contributed by atoms with Gasteiger partial charge in [0.15, 0.2) is 0 Å². The van der Waals surface area contributed by atoms with Crippen LogP contribution in [-0.2, 0) is 32.1 Å². The van der Waals surface area contributed by atoms with E-state index in [0.29, 0.717) is 56.8 Å². The highest BCUT2D eigenvalue weighted by Gasteiger charge is 2.31. The second-order valence-corrected chi connectivity index (χ2v) is 14.2. The largest absolute Gasteiger partial charge is 0.462 e. The predicted octanol–water partition coefficient (Wildman–Crippen LogP) is 7.01. The molecule has 0 spiro atoms. The van der Waals surface area contributed by atoms with Gasteiger partial charge in [0.05, 0.1) is 24.0 Å². The molecule has 2 heterocycles. The molecular formula is C37H35ClN4O6S2. The number of fused-ring (bicyclic) bond motifs is 1. The summed E-state index contributed by atoms with van der Waals surface area (Å²) in [4.78, 5) is 68.2. The molecule has 0 fully saturated rings. The lowest BCUT2D eigenvalue weighted by Gasteiger charge is -2.25. The number of halogens is 1. The van der Waals surface area contributed by atoms with E-state index >= 15 is 0 Å². The van der Waals surface area contributed by atoms with Gasteiger partial charge in [-0.15, -0.1) is 23.1 Å². The van der Waals surface area contributed by atoms with Crippen LogP contribution in [-0.4, -0.2) is 52.9 Å². The van der Waals surface area contributed by atoms with Crippen molar-refractivity contribution in [3.05, 3.63) is 117 Å². The maximum Gasteiger partial charge on any atom is 0.341 e. The van der Waals surface area contributed by atoms with Crippen molar-refractivity contribution in [1.29, 1.82) is 0 Å². The van der Waals surface area contributed by atoms with Gasteiger partial charge in [-0.3, -0.25) is 19.2 Å². The number of hydrogen-bond donors (Lipinski definition) is 3. The summed E-state index contributed by atoms with van der Waals surface area (Å²) in [7, 11) is 0. The van der Waals surface area contributed by atoms with E-state index in [4.69, 9.17) is 16.3 Å². The van der Waals surface area contributed by atoms with Crippen LogP contribution in [0.4, 0.5) is 10.7 Å². The molecule has 13 heteroatoms. The second kappa shape index (κ2) is 16.7. The summed E-state index contributed by atoms with van der Waals surface area (Å²) in [5.41, 5.74) is 2.60. The van der Waals surface area contributed by atoms with Crippen LogP contribution in [0.25, 0.3) is 6.08 Å². The lowest BCUT2D eigenvalue weighted by Crippen LogP contribution is -2.34. The summed E-state index contributed by atoms with van der Waals surface area (Å²) in [5, 5.41) is 8.75. The fraction of sp³-hybridized carbons (Fsp3) is 0.216. The van der Waals surface area contributed by atoms with Crippen LogP contribution < -0.4 is 16.0 Å². The Kier molecular flexibility index (Phi) is 12.1. The first-order valence-electron chi connectivity index (χ1n) is 15.8. The summed E-state index contributed by atoms with van der Waals surface area (Å²) in [6.45, 7) is 6.01. The molecule has 0 aliphatic carbocycles. The third-order valence-electron chi connectivity index (χ3n) is 7.68. The van der Waals surface area contributed by atoms with Gasteiger partial charge in [0, 0.05) is 39.5 Å². The summed E-state index contributed by atoms with van der Waals surface area (Å²) < 4.78 is 5.31. The molecule has 50 heavy (non-hydrogen) atoms. The Morgan fingerprint density at radius 1 is 1.00 bits per heavy atom. The Labute approximate surface area is 303 Å². The van der Waals surface area contributed by atoms with Gasteiger partial charge in [-0.1, -0.05) is 48.0 Å². The van der Waals surface area contributed by atoms with Crippen molar-refractivity contribution >= 4 is 81.1 Å². The van der Waals surface area contributed by atoms with Gasteiger partial charge in [-0.25, -0.2) is 4.79 Å². The Balaban J connectivity index is 1.30. The highest BCUT2D eigenvalue weighted by molar-refractivity contribution is 8.00. The van der Waals surface area contributed by atoms with E-state index < -0.39 is 23.0 Å². The zero-order valence-electron chi connectivity index (χ0n) is 27.6. The van der Waals surface area contributed by atoms with Crippen LogP contribution in [0.2, 0.25) is 5.02 Å². The minimum absolute atomic E-state index is 0.00870. The predicted molar refractivity (Wildman–Crippen MR) is 197 cm³/mol. The smallest absolute Gasteiger partial charge is 0.341 e. The van der Waals surface area contributed by atoms with E-state index in [2.05, 4.69) is 16.0 Å². The second-order valence-electron chi connectivity index (χ2n) is 11.3. The van der Waals surface area contributed by atoms with E-state index in [1.165, 1.54) is 36.1 Å². The van der Waals surface area contributed by atoms with Crippen molar-refractivity contribution < 1.29 is 28.7 Å². The zero-order chi connectivity index (χ0) is 35.8. The fourth-order valence-electron chi connectivity index (χ4n) is 5.20. The Bertz CT molecular complexity index is 1960. The van der Waals surface area contributed by atoms with Gasteiger partial charge in [0.2, 0.25) is 11.8 Å². The number of carbonyl (C=O) groups is 5. The molecular weight excluding hydrogens is 696 g/mol. The van der Waals surface area contributed by atoms with Crippen LogP contribution in [0.1, 0.15) is 57.5 Å². The zero-order valence-corrected chi connectivity index (χ0v) is 30.0. The summed E-state index contributed by atoms with van der Waals surface area (Å²) in [6.07, 6.45) is 2.03. The average molecular weight is 731 g/mol. The highest BCUT2D eigenvalue weighted by Crippen LogP contribution is 2.38. The average Bonchev–Trinajstić information content (AvgIpc) is 3.45. The van der Waals surface area contributed by atoms with Crippen LogP contribution >= 0.6 is 34.7 Å². The molecule has 1 aromatic heterocycles. The van der Waals surface area contributed by atoms with Crippen molar-refractivity contribution in [3.63, 3.8) is 0 Å². The molecule has 5 rings (SSSR count). The van der Waals surface area contributed by atoms with Crippen molar-refractivity contribution in [1.82, 2.24) is 10.2 Å². The Morgan fingerprint density at radius 3 is 2.48 bits per heavy atom. The van der Waals surface area contributed by atoms with Gasteiger partial charge >= 0.3 is 5.97 Å². The van der Waals surface area contributed by atoms with Crippen molar-refractivity contribution in [2.75, 3.05) is 23.8 Å². The van der Waals surface area contributed by atoms with E-state index in [1.807, 2.05) is 6.07 Å². The molecule has 1 aliphatic rings. The molecule has 0 radical (unpaired) electrons. The molecule has 10 nitrogen and oxygen atoms in total. The van der Waals surface area contributed by atoms with Crippen LogP contribution in [0.15, 0.2) is 89.5 Å². The van der Waals surface area contributed by atoms with Crippen LogP contribution in [0, 0.1) is 0 Å². The van der Waals surface area contributed by atoms with E-state index in [-0.39, 0.29) is 24.1 Å². The monoisotopic (exact) mass is 730 g/mol. The van der Waals surface area contributed by atoms with Gasteiger partial charge in [-0.2, -0.15) is 0 Å². The van der Waals surface area contributed by atoms with Crippen LogP contribution in [0.5, 0.6) is 0 Å². The number of rotatable bonds is 11. The lowest BCUT2D eigenvalue weighted by molar-refractivity contribution is -0.129. The molecule has 1 unspecified atom stereocenters. The number of hydrogen-bond acceptors (Lipinski definition) is 8. The van der Waals surface area contributed by atoms with Crippen molar-refractivity contribution in [2.24, 2.45) is 0 Å². The summed E-state index contributed by atoms with van der Waals surface area (Å²) in [5.74, 6) is -1.90. The molecule has 4 amide bonds. The third kappa shape index (κ3) is 9.20. The first kappa shape index (κ1) is 36.4. The number of esters is 1. The lowest BCUT2D eigenvalue weighted by atomic mass is 10.0. The maximum atomic E-state index is 13.5. The normalized spacial score (nSPS) is 13.1. The molecule has 4 aromatic rings. The van der Waals surface area contributed by atoms with E-state index in [9.17, 15) is 24.0 Å². The number of benzene rings is 3. The summed E-state index contributed by atoms with van der Waals surface area (Å²) in [6, 6.07) is 22.4. The number of ether oxygens (including phenoxy) is 1. The molecule has 1 atom stereocenters. The Hall–Kier alpha value is -4.91. The first-order chi connectivity index (χ1) is 24.0. The third-order valence-corrected chi connectivity index (χ3v) is 10.1. The molecule has 0 bridgehead atoms. The minimum Gasteiger partial charge on any atom is -0.462 e. The molecule has 3 aromatic carbocycles. The molecule has 0 saturated heterocycles. The number of thioether (sulfide) groups is 1. The SMILES string of the molecule is CCOC(=O)c1c(NC(=O)C(C)Sc2cccc(NC(=O)/C(=C/c3cccc(Cl)c3)NC(=O)c3ccccc3)c2)sc2c1CCN(C(C)=O)C2. The van der Waals surface area contributed by atoms with Gasteiger partial charge in [-0.05, 0) is 79.9 Å². The van der Waals surface area contributed by atoms with Crippen molar-refractivity contribution in [3.8, 4) is 0 Å². The van der Waals surface area contributed by atoms with Gasteiger partial charge < -0.3 is 25.6 Å². The highest BCUT2D eigenvalue weighted by atomic mass is 35.5.